The standard InChI is InChI=1S/C18H23N3/c1-2-10-19-12-15-7-8-18(20-13-15)21-11-9-16-5-3-4-6-17(16)14-21/h3-8,13,19H,2,9-12,14H2,1H3. The first-order chi connectivity index (χ1) is 10.4. The van der Waals surface area contributed by atoms with Gasteiger partial charge in [-0.1, -0.05) is 37.3 Å². The second-order valence-electron chi connectivity index (χ2n) is 5.64. The Labute approximate surface area is 127 Å². The molecule has 2 heterocycles. The van der Waals surface area contributed by atoms with Crippen molar-refractivity contribution < 1.29 is 0 Å². The Morgan fingerprint density at radius 1 is 1.14 bits per heavy atom. The monoisotopic (exact) mass is 281 g/mol. The Balaban J connectivity index is 1.65. The highest BCUT2D eigenvalue weighted by atomic mass is 15.2. The molecule has 0 saturated carbocycles. The number of anilines is 1. The van der Waals surface area contributed by atoms with Crippen LogP contribution in [0.2, 0.25) is 0 Å². The third kappa shape index (κ3) is 3.42. The van der Waals surface area contributed by atoms with E-state index in [-0.39, 0.29) is 0 Å². The molecule has 0 saturated heterocycles. The lowest BCUT2D eigenvalue weighted by atomic mass is 10.00. The molecule has 110 valence electrons. The molecule has 0 aliphatic carbocycles. The van der Waals surface area contributed by atoms with E-state index in [2.05, 4.69) is 58.5 Å². The number of hydrogen-bond acceptors (Lipinski definition) is 3. The fraction of sp³-hybridized carbons (Fsp3) is 0.389. The van der Waals surface area contributed by atoms with Crippen LogP contribution in [-0.2, 0) is 19.5 Å². The largest absolute Gasteiger partial charge is 0.352 e. The number of pyridine rings is 1. The molecule has 0 bridgehead atoms. The van der Waals surface area contributed by atoms with Gasteiger partial charge in [0.05, 0.1) is 0 Å². The van der Waals surface area contributed by atoms with E-state index in [1.807, 2.05) is 6.20 Å². The first-order valence-electron chi connectivity index (χ1n) is 7.84. The van der Waals surface area contributed by atoms with Crippen molar-refractivity contribution in [1.29, 1.82) is 0 Å². The van der Waals surface area contributed by atoms with Gasteiger partial charge in [-0.15, -0.1) is 0 Å². The summed E-state index contributed by atoms with van der Waals surface area (Å²) >= 11 is 0. The summed E-state index contributed by atoms with van der Waals surface area (Å²) in [5.74, 6) is 1.09. The van der Waals surface area contributed by atoms with Crippen LogP contribution in [0.5, 0.6) is 0 Å². The molecule has 21 heavy (non-hydrogen) atoms. The number of rotatable bonds is 5. The molecule has 3 rings (SSSR count). The van der Waals surface area contributed by atoms with Gasteiger partial charge in [-0.25, -0.2) is 4.98 Å². The molecule has 3 heteroatoms. The smallest absolute Gasteiger partial charge is 0.128 e. The van der Waals surface area contributed by atoms with E-state index in [4.69, 9.17) is 0 Å². The van der Waals surface area contributed by atoms with Crippen molar-refractivity contribution in [3.63, 3.8) is 0 Å². The predicted molar refractivity (Wildman–Crippen MR) is 87.4 cm³/mol. The fourth-order valence-corrected chi connectivity index (χ4v) is 2.81. The molecule has 1 N–H and O–H groups in total. The van der Waals surface area contributed by atoms with Gasteiger partial charge in [0, 0.05) is 25.8 Å². The van der Waals surface area contributed by atoms with Crippen LogP contribution < -0.4 is 10.2 Å². The molecular weight excluding hydrogens is 258 g/mol. The van der Waals surface area contributed by atoms with Crippen molar-refractivity contribution >= 4 is 5.82 Å². The summed E-state index contributed by atoms with van der Waals surface area (Å²) in [5.41, 5.74) is 4.16. The van der Waals surface area contributed by atoms with Crippen LogP contribution in [-0.4, -0.2) is 18.1 Å². The van der Waals surface area contributed by atoms with Crippen molar-refractivity contribution in [2.24, 2.45) is 0 Å². The van der Waals surface area contributed by atoms with Crippen LogP contribution in [0.1, 0.15) is 30.0 Å². The average molecular weight is 281 g/mol. The first kappa shape index (κ1) is 14.1. The van der Waals surface area contributed by atoms with Crippen LogP contribution in [0.25, 0.3) is 0 Å². The van der Waals surface area contributed by atoms with Crippen molar-refractivity contribution in [2.45, 2.75) is 32.9 Å². The summed E-state index contributed by atoms with van der Waals surface area (Å²) < 4.78 is 0. The van der Waals surface area contributed by atoms with Crippen LogP contribution >= 0.6 is 0 Å². The molecule has 0 spiro atoms. The Morgan fingerprint density at radius 2 is 2.00 bits per heavy atom. The molecule has 1 aromatic heterocycles. The zero-order valence-electron chi connectivity index (χ0n) is 12.7. The number of hydrogen-bond donors (Lipinski definition) is 1. The maximum absolute atomic E-state index is 4.64. The van der Waals surface area contributed by atoms with Gasteiger partial charge in [0.1, 0.15) is 5.82 Å². The second-order valence-corrected chi connectivity index (χ2v) is 5.64. The third-order valence-corrected chi connectivity index (χ3v) is 4.02. The Hall–Kier alpha value is -1.87. The number of nitrogens with one attached hydrogen (secondary N) is 1. The lowest BCUT2D eigenvalue weighted by Gasteiger charge is -2.29. The third-order valence-electron chi connectivity index (χ3n) is 4.02. The van der Waals surface area contributed by atoms with Gasteiger partial charge in [-0.2, -0.15) is 0 Å². The SMILES string of the molecule is CCCNCc1ccc(N2CCc3ccccc3C2)nc1. The molecule has 3 nitrogen and oxygen atoms in total. The first-order valence-corrected chi connectivity index (χ1v) is 7.84. The van der Waals surface area contributed by atoms with Crippen molar-refractivity contribution in [2.75, 3.05) is 18.0 Å². The summed E-state index contributed by atoms with van der Waals surface area (Å²) in [7, 11) is 0. The minimum Gasteiger partial charge on any atom is -0.352 e. The minimum absolute atomic E-state index is 0.907. The van der Waals surface area contributed by atoms with E-state index >= 15 is 0 Å². The van der Waals surface area contributed by atoms with E-state index in [0.717, 1.165) is 38.4 Å². The molecule has 0 unspecified atom stereocenters. The van der Waals surface area contributed by atoms with Gasteiger partial charge >= 0.3 is 0 Å². The van der Waals surface area contributed by atoms with Crippen LogP contribution in [0, 0.1) is 0 Å². The van der Waals surface area contributed by atoms with Gasteiger partial charge in [0.15, 0.2) is 0 Å². The minimum atomic E-state index is 0.907. The Bertz CT molecular complexity index is 577. The van der Waals surface area contributed by atoms with E-state index < -0.39 is 0 Å². The molecule has 1 aliphatic heterocycles. The normalized spacial score (nSPS) is 14.0. The molecule has 0 radical (unpaired) electrons. The van der Waals surface area contributed by atoms with E-state index in [9.17, 15) is 0 Å². The van der Waals surface area contributed by atoms with E-state index in [1.54, 1.807) is 0 Å². The molecule has 0 amide bonds. The van der Waals surface area contributed by atoms with Crippen LogP contribution in [0.3, 0.4) is 0 Å². The molecule has 1 aromatic carbocycles. The summed E-state index contributed by atoms with van der Waals surface area (Å²) in [4.78, 5) is 7.01. The second kappa shape index (κ2) is 6.72. The molecule has 0 atom stereocenters. The van der Waals surface area contributed by atoms with Gasteiger partial charge in [0.25, 0.3) is 0 Å². The van der Waals surface area contributed by atoms with Gasteiger partial charge in [-0.3, -0.25) is 0 Å². The Kier molecular flexibility index (Phi) is 4.51. The maximum Gasteiger partial charge on any atom is 0.128 e. The zero-order valence-corrected chi connectivity index (χ0v) is 12.7. The summed E-state index contributed by atoms with van der Waals surface area (Å²) in [6.07, 6.45) is 4.27. The molecule has 1 aliphatic rings. The van der Waals surface area contributed by atoms with E-state index in [0.29, 0.717) is 0 Å². The number of benzene rings is 1. The van der Waals surface area contributed by atoms with Gasteiger partial charge in [0.2, 0.25) is 0 Å². The molecule has 2 aromatic rings. The number of fused-ring (bicyclic) bond motifs is 1. The molecular formula is C18H23N3. The van der Waals surface area contributed by atoms with Crippen molar-refractivity contribution in [3.05, 3.63) is 59.3 Å². The highest BCUT2D eigenvalue weighted by Crippen LogP contribution is 2.22. The lowest BCUT2D eigenvalue weighted by molar-refractivity contribution is 0.672. The number of aromatic nitrogens is 1. The fourth-order valence-electron chi connectivity index (χ4n) is 2.81. The molecule has 0 fully saturated rings. The highest BCUT2D eigenvalue weighted by molar-refractivity contribution is 5.44. The van der Waals surface area contributed by atoms with Gasteiger partial charge < -0.3 is 10.2 Å². The van der Waals surface area contributed by atoms with E-state index in [1.165, 1.54) is 23.1 Å². The topological polar surface area (TPSA) is 28.2 Å². The predicted octanol–water partition coefficient (Wildman–Crippen LogP) is 3.14. The van der Waals surface area contributed by atoms with Crippen LogP contribution in [0.15, 0.2) is 42.6 Å². The van der Waals surface area contributed by atoms with Crippen molar-refractivity contribution in [3.8, 4) is 0 Å². The van der Waals surface area contributed by atoms with Gasteiger partial charge in [-0.05, 0) is 42.1 Å². The quantitative estimate of drug-likeness (QED) is 0.853. The zero-order chi connectivity index (χ0) is 14.5. The highest BCUT2D eigenvalue weighted by Gasteiger charge is 2.16. The van der Waals surface area contributed by atoms with Crippen LogP contribution in [0.4, 0.5) is 5.82 Å². The summed E-state index contributed by atoms with van der Waals surface area (Å²) in [6, 6.07) is 13.1. The summed E-state index contributed by atoms with van der Waals surface area (Å²) in [6.45, 7) is 6.17. The maximum atomic E-state index is 4.64. The summed E-state index contributed by atoms with van der Waals surface area (Å²) in [5, 5.41) is 3.41. The Morgan fingerprint density at radius 3 is 2.76 bits per heavy atom. The van der Waals surface area contributed by atoms with Crippen molar-refractivity contribution in [1.82, 2.24) is 10.3 Å². The number of nitrogens with zero attached hydrogens (tertiary/aromatic N) is 2. The lowest BCUT2D eigenvalue weighted by Crippen LogP contribution is -2.30. The average Bonchev–Trinajstić information content (AvgIpc) is 2.55.